The van der Waals surface area contributed by atoms with Gasteiger partial charge in [0.25, 0.3) is 0 Å². The van der Waals surface area contributed by atoms with Gasteiger partial charge in [-0.1, -0.05) is 0 Å². The average molecular weight is 337 g/mol. The zero-order valence-electron chi connectivity index (χ0n) is 11.2. The summed E-state index contributed by atoms with van der Waals surface area (Å²) in [4.78, 5) is 45.0. The van der Waals surface area contributed by atoms with Crippen molar-refractivity contribution in [1.29, 1.82) is 0 Å². The quantitative estimate of drug-likeness (QED) is 0.216. The molecule has 0 fully saturated rings. The molecule has 0 aromatic rings. The minimum Gasteiger partial charge on any atom is -0.368 e. The van der Waals surface area contributed by atoms with Gasteiger partial charge in [0, 0.05) is 11.5 Å². The molecule has 21 heavy (non-hydrogen) atoms. The molecule has 0 aliphatic carbocycles. The van der Waals surface area contributed by atoms with E-state index < -0.39 is 35.7 Å². The van der Waals surface area contributed by atoms with E-state index >= 15 is 0 Å². The van der Waals surface area contributed by atoms with Crippen LogP contribution in [0.1, 0.15) is 0 Å². The smallest absolute Gasteiger partial charge is 0.240 e. The standard InChI is InChI=1S/C10H19N5O4S2/c11-5(3-20)10(19)14-1-7(16)13-2-8(17)15-6(4-21)9(12)18/h5-6,20-21H,1-4,11H2,(H2,12,18)(H,13,16)(H,14,19)(H,15,17)/t5-,6-/m0/s1. The predicted molar refractivity (Wildman–Crippen MR) is 82.8 cm³/mol. The van der Waals surface area contributed by atoms with Crippen LogP contribution < -0.4 is 27.4 Å². The highest BCUT2D eigenvalue weighted by Crippen LogP contribution is 1.86. The first kappa shape index (κ1) is 19.5. The number of hydrogen-bond acceptors (Lipinski definition) is 7. The fraction of sp³-hybridized carbons (Fsp3) is 0.600. The van der Waals surface area contributed by atoms with Gasteiger partial charge in [-0.05, 0) is 0 Å². The highest BCUT2D eigenvalue weighted by molar-refractivity contribution is 7.80. The SMILES string of the molecule is NC(=O)[C@H](CS)NC(=O)CNC(=O)CNC(=O)[C@@H](N)CS. The van der Waals surface area contributed by atoms with Crippen LogP contribution in [-0.2, 0) is 19.2 Å². The third-order valence-corrected chi connectivity index (χ3v) is 3.02. The molecule has 0 aliphatic heterocycles. The maximum absolute atomic E-state index is 11.4. The Bertz CT molecular complexity index is 407. The van der Waals surface area contributed by atoms with Crippen LogP contribution in [0.15, 0.2) is 0 Å². The number of thiol groups is 2. The summed E-state index contributed by atoms with van der Waals surface area (Å²) in [5.41, 5.74) is 10.4. The summed E-state index contributed by atoms with van der Waals surface area (Å²) in [6, 6.07) is -1.72. The number of nitrogens with two attached hydrogens (primary N) is 2. The van der Waals surface area contributed by atoms with Crippen molar-refractivity contribution >= 4 is 48.9 Å². The molecule has 0 heterocycles. The minimum atomic E-state index is -0.911. The van der Waals surface area contributed by atoms with Crippen LogP contribution in [0, 0.1) is 0 Å². The van der Waals surface area contributed by atoms with Gasteiger partial charge >= 0.3 is 0 Å². The number of rotatable bonds is 9. The first-order valence-electron chi connectivity index (χ1n) is 5.92. The Morgan fingerprint density at radius 2 is 1.52 bits per heavy atom. The van der Waals surface area contributed by atoms with Crippen LogP contribution in [0.25, 0.3) is 0 Å². The molecule has 0 spiro atoms. The fourth-order valence-corrected chi connectivity index (χ4v) is 1.51. The molecule has 120 valence electrons. The Morgan fingerprint density at radius 1 is 0.952 bits per heavy atom. The van der Waals surface area contributed by atoms with Gasteiger partial charge in [0.05, 0.1) is 19.1 Å². The molecule has 0 rings (SSSR count). The van der Waals surface area contributed by atoms with E-state index in [4.69, 9.17) is 11.5 Å². The van der Waals surface area contributed by atoms with Crippen LogP contribution in [0.5, 0.6) is 0 Å². The van der Waals surface area contributed by atoms with Crippen molar-refractivity contribution in [3.63, 3.8) is 0 Å². The minimum absolute atomic E-state index is 0.0483. The lowest BCUT2D eigenvalue weighted by Gasteiger charge is -2.13. The molecule has 0 unspecified atom stereocenters. The Kier molecular flexibility index (Phi) is 9.58. The number of hydrogen-bond donors (Lipinski definition) is 7. The lowest BCUT2D eigenvalue weighted by molar-refractivity contribution is -0.129. The summed E-state index contributed by atoms with van der Waals surface area (Å²) in [7, 11) is 0. The van der Waals surface area contributed by atoms with Gasteiger partial charge in [-0.2, -0.15) is 25.3 Å². The van der Waals surface area contributed by atoms with Crippen molar-refractivity contribution in [3.05, 3.63) is 0 Å². The summed E-state index contributed by atoms with van der Waals surface area (Å²) >= 11 is 7.70. The van der Waals surface area contributed by atoms with E-state index in [1.165, 1.54) is 0 Å². The van der Waals surface area contributed by atoms with Gasteiger partial charge in [-0.15, -0.1) is 0 Å². The molecule has 9 nitrogen and oxygen atoms in total. The van der Waals surface area contributed by atoms with E-state index in [9.17, 15) is 19.2 Å². The van der Waals surface area contributed by atoms with Crippen molar-refractivity contribution in [2.75, 3.05) is 24.6 Å². The van der Waals surface area contributed by atoms with E-state index in [2.05, 4.69) is 41.2 Å². The third kappa shape index (κ3) is 8.42. The molecule has 4 amide bonds. The summed E-state index contributed by atoms with van der Waals surface area (Å²) in [6.45, 7) is -0.676. The molecule has 0 aromatic carbocycles. The summed E-state index contributed by atoms with van der Waals surface area (Å²) in [5.74, 6) is -2.22. The number of carbonyl (C=O) groups excluding carboxylic acids is 4. The highest BCUT2D eigenvalue weighted by atomic mass is 32.1. The van der Waals surface area contributed by atoms with Crippen LogP contribution in [0.4, 0.5) is 0 Å². The van der Waals surface area contributed by atoms with Crippen molar-refractivity contribution in [2.45, 2.75) is 12.1 Å². The molecule has 11 heteroatoms. The third-order valence-electron chi connectivity index (χ3n) is 2.26. The van der Waals surface area contributed by atoms with E-state index in [1.54, 1.807) is 0 Å². The van der Waals surface area contributed by atoms with E-state index in [0.29, 0.717) is 0 Å². The highest BCUT2D eigenvalue weighted by Gasteiger charge is 2.17. The van der Waals surface area contributed by atoms with Crippen molar-refractivity contribution in [2.24, 2.45) is 11.5 Å². The van der Waals surface area contributed by atoms with Crippen molar-refractivity contribution in [3.8, 4) is 0 Å². The zero-order valence-corrected chi connectivity index (χ0v) is 13.0. The Morgan fingerprint density at radius 3 is 2.00 bits per heavy atom. The lowest BCUT2D eigenvalue weighted by Crippen LogP contribution is -2.50. The summed E-state index contributed by atoms with van der Waals surface area (Å²) in [6.07, 6.45) is 0. The maximum Gasteiger partial charge on any atom is 0.240 e. The van der Waals surface area contributed by atoms with E-state index in [-0.39, 0.29) is 24.6 Å². The molecule has 2 atom stereocenters. The van der Waals surface area contributed by atoms with Gasteiger partial charge in [0.15, 0.2) is 0 Å². The number of carbonyl (C=O) groups is 4. The molecule has 0 saturated carbocycles. The molecular formula is C10H19N5O4S2. The Hall–Kier alpha value is -1.46. The second-order valence-corrected chi connectivity index (χ2v) is 4.72. The molecular weight excluding hydrogens is 318 g/mol. The largest absolute Gasteiger partial charge is 0.368 e. The first-order chi connectivity index (χ1) is 9.81. The zero-order chi connectivity index (χ0) is 16.4. The average Bonchev–Trinajstić information content (AvgIpc) is 2.46. The second kappa shape index (κ2) is 10.3. The Labute approximate surface area is 132 Å². The van der Waals surface area contributed by atoms with Crippen LogP contribution in [-0.4, -0.2) is 60.3 Å². The summed E-state index contributed by atoms with van der Waals surface area (Å²) in [5, 5.41) is 6.84. The maximum atomic E-state index is 11.4. The molecule has 0 aliphatic rings. The van der Waals surface area contributed by atoms with Crippen molar-refractivity contribution < 1.29 is 19.2 Å². The first-order valence-corrected chi connectivity index (χ1v) is 7.18. The van der Waals surface area contributed by atoms with Crippen molar-refractivity contribution in [1.82, 2.24) is 16.0 Å². The van der Waals surface area contributed by atoms with Gasteiger partial charge in [-0.3, -0.25) is 19.2 Å². The fourth-order valence-electron chi connectivity index (χ4n) is 1.07. The second-order valence-electron chi connectivity index (χ2n) is 3.99. The molecule has 0 saturated heterocycles. The van der Waals surface area contributed by atoms with Gasteiger partial charge in [0.2, 0.25) is 23.6 Å². The molecule has 7 N–H and O–H groups in total. The summed E-state index contributed by atoms with van der Waals surface area (Å²) < 4.78 is 0. The van der Waals surface area contributed by atoms with Crippen LogP contribution >= 0.6 is 25.3 Å². The van der Waals surface area contributed by atoms with E-state index in [1.807, 2.05) is 0 Å². The number of amides is 4. The van der Waals surface area contributed by atoms with Gasteiger partial charge in [-0.25, -0.2) is 0 Å². The normalized spacial score (nSPS) is 12.9. The van der Waals surface area contributed by atoms with Gasteiger partial charge < -0.3 is 27.4 Å². The lowest BCUT2D eigenvalue weighted by atomic mass is 10.3. The van der Waals surface area contributed by atoms with E-state index in [0.717, 1.165) is 0 Å². The van der Waals surface area contributed by atoms with Gasteiger partial charge in [0.1, 0.15) is 6.04 Å². The van der Waals surface area contributed by atoms with Crippen LogP contribution in [0.3, 0.4) is 0 Å². The monoisotopic (exact) mass is 337 g/mol. The molecule has 0 radical (unpaired) electrons. The van der Waals surface area contributed by atoms with Crippen LogP contribution in [0.2, 0.25) is 0 Å². The topological polar surface area (TPSA) is 156 Å². The number of nitrogens with one attached hydrogen (secondary N) is 3. The predicted octanol–water partition coefficient (Wildman–Crippen LogP) is -3.62. The Balaban J connectivity index is 4.00. The number of primary amides is 1. The molecule has 0 bridgehead atoms. The molecule has 0 aromatic heterocycles.